The number of carbonyl (C=O) groups excluding carboxylic acids is 1. The molecule has 64 valence electrons. The predicted octanol–water partition coefficient (Wildman–Crippen LogP) is -0.710. The summed E-state index contributed by atoms with van der Waals surface area (Å²) < 4.78 is 4.73. The number of hydrogen-bond acceptors (Lipinski definition) is 4. The molecule has 0 aliphatic carbocycles. The minimum Gasteiger partial charge on any atom is -0.460 e. The van der Waals surface area contributed by atoms with Crippen molar-refractivity contribution in [3.8, 4) is 0 Å². The Balaban J connectivity index is 2.70. The van der Waals surface area contributed by atoms with Crippen LogP contribution in [0.4, 0.5) is 0 Å². The first-order valence-electron chi connectivity index (χ1n) is 3.60. The van der Waals surface area contributed by atoms with Crippen molar-refractivity contribution < 1.29 is 19.7 Å². The molecule has 1 rings (SSSR count). The highest BCUT2D eigenvalue weighted by molar-refractivity contribution is 5.73. The fourth-order valence-corrected chi connectivity index (χ4v) is 1.07. The predicted molar refractivity (Wildman–Crippen MR) is 36.7 cm³/mol. The van der Waals surface area contributed by atoms with Crippen LogP contribution in [0.25, 0.3) is 0 Å². The highest BCUT2D eigenvalue weighted by Gasteiger charge is 2.39. The quantitative estimate of drug-likeness (QED) is 0.459. The maximum absolute atomic E-state index is 10.9. The molecule has 4 atom stereocenters. The van der Waals surface area contributed by atoms with Crippen molar-refractivity contribution in [3.05, 3.63) is 0 Å². The van der Waals surface area contributed by atoms with E-state index in [1.54, 1.807) is 6.92 Å². The van der Waals surface area contributed by atoms with Gasteiger partial charge < -0.3 is 14.9 Å². The van der Waals surface area contributed by atoms with Crippen LogP contribution in [0.5, 0.6) is 0 Å². The third-order valence-corrected chi connectivity index (χ3v) is 2.02. The SMILES string of the molecule is C[C@H]1OC(=O)[C@H](C)[C@@H](O)[C@H]1O. The van der Waals surface area contributed by atoms with Gasteiger partial charge in [-0.3, -0.25) is 4.79 Å². The van der Waals surface area contributed by atoms with E-state index in [1.165, 1.54) is 6.92 Å². The Morgan fingerprint density at radius 1 is 1.27 bits per heavy atom. The van der Waals surface area contributed by atoms with E-state index in [4.69, 9.17) is 4.74 Å². The molecule has 0 bridgehead atoms. The van der Waals surface area contributed by atoms with E-state index in [2.05, 4.69) is 0 Å². The van der Waals surface area contributed by atoms with E-state index in [1.807, 2.05) is 0 Å². The van der Waals surface area contributed by atoms with E-state index in [-0.39, 0.29) is 0 Å². The van der Waals surface area contributed by atoms with Crippen molar-refractivity contribution in [3.63, 3.8) is 0 Å². The van der Waals surface area contributed by atoms with Crippen LogP contribution in [0.3, 0.4) is 0 Å². The highest BCUT2D eigenvalue weighted by atomic mass is 16.6. The molecular weight excluding hydrogens is 148 g/mol. The molecular formula is C7H12O4. The van der Waals surface area contributed by atoms with Crippen LogP contribution in [-0.4, -0.2) is 34.5 Å². The topological polar surface area (TPSA) is 66.8 Å². The van der Waals surface area contributed by atoms with Gasteiger partial charge in [-0.1, -0.05) is 0 Å². The van der Waals surface area contributed by atoms with Gasteiger partial charge >= 0.3 is 5.97 Å². The van der Waals surface area contributed by atoms with Crippen molar-refractivity contribution in [2.75, 3.05) is 0 Å². The van der Waals surface area contributed by atoms with Gasteiger partial charge in [0.15, 0.2) is 0 Å². The molecule has 1 fully saturated rings. The summed E-state index contributed by atoms with van der Waals surface area (Å²) in [6, 6.07) is 0. The van der Waals surface area contributed by atoms with Crippen LogP contribution < -0.4 is 0 Å². The number of cyclic esters (lactones) is 1. The van der Waals surface area contributed by atoms with Gasteiger partial charge in [-0.15, -0.1) is 0 Å². The minimum atomic E-state index is -0.994. The number of rotatable bonds is 0. The summed E-state index contributed by atoms with van der Waals surface area (Å²) in [6.45, 7) is 3.08. The monoisotopic (exact) mass is 160 g/mol. The molecule has 1 heterocycles. The zero-order chi connectivity index (χ0) is 8.59. The number of carbonyl (C=O) groups is 1. The zero-order valence-electron chi connectivity index (χ0n) is 6.52. The summed E-state index contributed by atoms with van der Waals surface area (Å²) in [5.41, 5.74) is 0. The molecule has 1 saturated heterocycles. The molecule has 1 aliphatic heterocycles. The van der Waals surface area contributed by atoms with Crippen LogP contribution in [-0.2, 0) is 9.53 Å². The molecule has 0 spiro atoms. The first-order chi connectivity index (χ1) is 5.04. The molecule has 1 aliphatic rings. The molecule has 0 aromatic heterocycles. The molecule has 0 unspecified atom stereocenters. The van der Waals surface area contributed by atoms with Gasteiger partial charge in [0, 0.05) is 0 Å². The third kappa shape index (κ3) is 1.36. The number of esters is 1. The van der Waals surface area contributed by atoms with E-state index in [9.17, 15) is 15.0 Å². The Labute approximate surface area is 64.8 Å². The van der Waals surface area contributed by atoms with E-state index < -0.39 is 30.2 Å². The van der Waals surface area contributed by atoms with Gasteiger partial charge in [0.25, 0.3) is 0 Å². The Morgan fingerprint density at radius 2 is 1.82 bits per heavy atom. The summed E-state index contributed by atoms with van der Waals surface area (Å²) in [7, 11) is 0. The standard InChI is InChI=1S/C7H12O4/c1-3-5(8)6(9)4(2)11-7(3)10/h3-6,8-9H,1-2H3/t3-,4-,5-,6+/m1/s1. The zero-order valence-corrected chi connectivity index (χ0v) is 6.52. The number of ether oxygens (including phenoxy) is 1. The molecule has 0 saturated carbocycles. The van der Waals surface area contributed by atoms with Crippen molar-refractivity contribution in [1.82, 2.24) is 0 Å². The molecule has 0 radical (unpaired) electrons. The molecule has 11 heavy (non-hydrogen) atoms. The van der Waals surface area contributed by atoms with Gasteiger partial charge in [0.2, 0.25) is 0 Å². The van der Waals surface area contributed by atoms with Gasteiger partial charge in [0.1, 0.15) is 12.2 Å². The van der Waals surface area contributed by atoms with Gasteiger partial charge in [0.05, 0.1) is 12.0 Å². The molecule has 0 amide bonds. The van der Waals surface area contributed by atoms with Crippen LogP contribution in [0.15, 0.2) is 0 Å². The summed E-state index contributed by atoms with van der Waals surface area (Å²) in [5.74, 6) is -1.07. The highest BCUT2D eigenvalue weighted by Crippen LogP contribution is 2.20. The summed E-state index contributed by atoms with van der Waals surface area (Å²) in [5, 5.41) is 18.4. The Hall–Kier alpha value is -0.610. The largest absolute Gasteiger partial charge is 0.460 e. The normalized spacial score (nSPS) is 45.3. The fourth-order valence-electron chi connectivity index (χ4n) is 1.07. The smallest absolute Gasteiger partial charge is 0.311 e. The van der Waals surface area contributed by atoms with Crippen LogP contribution >= 0.6 is 0 Å². The maximum Gasteiger partial charge on any atom is 0.311 e. The van der Waals surface area contributed by atoms with Crippen molar-refractivity contribution in [2.45, 2.75) is 32.2 Å². The molecule has 0 aromatic carbocycles. The van der Waals surface area contributed by atoms with Crippen LogP contribution in [0, 0.1) is 5.92 Å². The Kier molecular flexibility index (Phi) is 2.15. The second kappa shape index (κ2) is 2.79. The number of aliphatic hydroxyl groups excluding tert-OH is 2. The summed E-state index contributed by atoms with van der Waals surface area (Å²) in [4.78, 5) is 10.9. The number of aliphatic hydroxyl groups is 2. The van der Waals surface area contributed by atoms with Gasteiger partial charge in [-0.25, -0.2) is 0 Å². The fraction of sp³-hybridized carbons (Fsp3) is 0.857. The Morgan fingerprint density at radius 3 is 2.36 bits per heavy atom. The second-order valence-electron chi connectivity index (χ2n) is 2.91. The van der Waals surface area contributed by atoms with E-state index in [0.29, 0.717) is 0 Å². The lowest BCUT2D eigenvalue weighted by Crippen LogP contribution is -2.50. The second-order valence-corrected chi connectivity index (χ2v) is 2.91. The average Bonchev–Trinajstić information content (AvgIpc) is 1.97. The molecule has 4 heteroatoms. The van der Waals surface area contributed by atoms with Crippen molar-refractivity contribution in [2.24, 2.45) is 5.92 Å². The molecule has 4 nitrogen and oxygen atoms in total. The van der Waals surface area contributed by atoms with E-state index in [0.717, 1.165) is 0 Å². The maximum atomic E-state index is 10.9. The van der Waals surface area contributed by atoms with Gasteiger partial charge in [-0.2, -0.15) is 0 Å². The molecule has 0 aromatic rings. The lowest BCUT2D eigenvalue weighted by molar-refractivity contribution is -0.186. The minimum absolute atomic E-state index is 0.449. The summed E-state index contributed by atoms with van der Waals surface area (Å²) >= 11 is 0. The molecule has 2 N–H and O–H groups in total. The third-order valence-electron chi connectivity index (χ3n) is 2.02. The number of hydrogen-bond donors (Lipinski definition) is 2. The first kappa shape index (κ1) is 8.49. The van der Waals surface area contributed by atoms with Crippen molar-refractivity contribution in [1.29, 1.82) is 0 Å². The Bertz CT molecular complexity index is 168. The van der Waals surface area contributed by atoms with Gasteiger partial charge in [-0.05, 0) is 13.8 Å². The van der Waals surface area contributed by atoms with E-state index >= 15 is 0 Å². The van der Waals surface area contributed by atoms with Crippen molar-refractivity contribution >= 4 is 5.97 Å². The lowest BCUT2D eigenvalue weighted by Gasteiger charge is -2.32. The average molecular weight is 160 g/mol. The van der Waals surface area contributed by atoms with Crippen LogP contribution in [0.2, 0.25) is 0 Å². The summed E-state index contributed by atoms with van der Waals surface area (Å²) in [6.07, 6.45) is -2.55. The lowest BCUT2D eigenvalue weighted by atomic mass is 9.94. The first-order valence-corrected chi connectivity index (χ1v) is 3.60. The van der Waals surface area contributed by atoms with Crippen LogP contribution in [0.1, 0.15) is 13.8 Å².